The lowest BCUT2D eigenvalue weighted by atomic mass is 10.1. The number of rotatable bonds is 8. The second kappa shape index (κ2) is 9.84. The number of furan rings is 1. The molecule has 0 unspecified atom stereocenters. The maximum absolute atomic E-state index is 12.7. The molecule has 1 amide bonds. The van der Waals surface area contributed by atoms with Crippen molar-refractivity contribution < 1.29 is 14.0 Å². The van der Waals surface area contributed by atoms with Crippen LogP contribution in [0.25, 0.3) is 11.4 Å². The van der Waals surface area contributed by atoms with E-state index in [0.29, 0.717) is 33.8 Å². The van der Waals surface area contributed by atoms with Gasteiger partial charge in [-0.05, 0) is 60.7 Å². The van der Waals surface area contributed by atoms with Gasteiger partial charge < -0.3 is 9.73 Å². The van der Waals surface area contributed by atoms with Crippen LogP contribution in [0.15, 0.2) is 76.5 Å². The number of hydrogen-bond acceptors (Lipinski definition) is 6. The Labute approximate surface area is 193 Å². The molecule has 0 radical (unpaired) electrons. The van der Waals surface area contributed by atoms with Crippen LogP contribution < -0.4 is 5.32 Å². The van der Waals surface area contributed by atoms with Crippen LogP contribution >= 0.6 is 23.4 Å². The zero-order valence-electron chi connectivity index (χ0n) is 17.1. The number of nitrogens with zero attached hydrogens (tertiary/aromatic N) is 3. The zero-order valence-corrected chi connectivity index (χ0v) is 18.7. The lowest BCUT2D eigenvalue weighted by molar-refractivity contribution is -0.114. The number of benzene rings is 2. The Hall–Kier alpha value is -3.36. The first kappa shape index (κ1) is 21.9. The van der Waals surface area contributed by atoms with Crippen molar-refractivity contribution in [2.45, 2.75) is 18.6 Å². The van der Waals surface area contributed by atoms with Gasteiger partial charge in [0.05, 0.1) is 18.6 Å². The number of aromatic nitrogens is 3. The van der Waals surface area contributed by atoms with Crippen LogP contribution in [0, 0.1) is 0 Å². The van der Waals surface area contributed by atoms with Crippen molar-refractivity contribution in [1.29, 1.82) is 0 Å². The summed E-state index contributed by atoms with van der Waals surface area (Å²) in [6.45, 7) is 1.87. The largest absolute Gasteiger partial charge is 0.467 e. The first-order valence-corrected chi connectivity index (χ1v) is 11.1. The quantitative estimate of drug-likeness (QED) is 0.284. The van der Waals surface area contributed by atoms with Gasteiger partial charge in [-0.2, -0.15) is 0 Å². The Kier molecular flexibility index (Phi) is 6.72. The molecule has 7 nitrogen and oxygen atoms in total. The molecule has 0 aliphatic heterocycles. The molecule has 32 heavy (non-hydrogen) atoms. The summed E-state index contributed by atoms with van der Waals surface area (Å²) in [5, 5.41) is 12.6. The van der Waals surface area contributed by atoms with Crippen molar-refractivity contribution in [1.82, 2.24) is 14.8 Å². The smallest absolute Gasteiger partial charge is 0.221 e. The van der Waals surface area contributed by atoms with Crippen LogP contribution in [0.5, 0.6) is 0 Å². The lowest BCUT2D eigenvalue weighted by Gasteiger charge is -2.09. The summed E-state index contributed by atoms with van der Waals surface area (Å²) >= 11 is 7.32. The fraction of sp³-hybridized carbons (Fsp3) is 0.130. The number of carbonyl (C=O) groups excluding carboxylic acids is 2. The van der Waals surface area contributed by atoms with Crippen LogP contribution in [-0.4, -0.2) is 32.2 Å². The topological polar surface area (TPSA) is 90.0 Å². The minimum atomic E-state index is -0.160. The number of Topliss-reactive ketones (excluding diaryl/α,β-unsaturated/α-hetero) is 1. The Morgan fingerprint density at radius 3 is 2.47 bits per heavy atom. The van der Waals surface area contributed by atoms with Crippen LogP contribution in [0.1, 0.15) is 23.0 Å². The van der Waals surface area contributed by atoms with Gasteiger partial charge in [0, 0.05) is 28.8 Å². The highest BCUT2D eigenvalue weighted by molar-refractivity contribution is 7.99. The van der Waals surface area contributed by atoms with E-state index >= 15 is 0 Å². The van der Waals surface area contributed by atoms with E-state index in [1.807, 2.05) is 28.8 Å². The fourth-order valence-electron chi connectivity index (χ4n) is 3.07. The van der Waals surface area contributed by atoms with E-state index < -0.39 is 0 Å². The number of nitrogens with one attached hydrogen (secondary N) is 1. The number of hydrogen-bond donors (Lipinski definition) is 1. The van der Waals surface area contributed by atoms with Gasteiger partial charge >= 0.3 is 0 Å². The van der Waals surface area contributed by atoms with E-state index in [9.17, 15) is 9.59 Å². The molecule has 0 saturated carbocycles. The highest BCUT2D eigenvalue weighted by Crippen LogP contribution is 2.27. The average molecular weight is 467 g/mol. The number of carbonyl (C=O) groups is 2. The first-order chi connectivity index (χ1) is 15.5. The number of anilines is 1. The van der Waals surface area contributed by atoms with Gasteiger partial charge in [-0.1, -0.05) is 23.4 Å². The van der Waals surface area contributed by atoms with Crippen molar-refractivity contribution in [2.75, 3.05) is 11.1 Å². The van der Waals surface area contributed by atoms with E-state index in [0.717, 1.165) is 11.3 Å². The Morgan fingerprint density at radius 2 is 1.81 bits per heavy atom. The van der Waals surface area contributed by atoms with Gasteiger partial charge in [0.15, 0.2) is 16.8 Å². The maximum Gasteiger partial charge on any atom is 0.221 e. The van der Waals surface area contributed by atoms with E-state index in [4.69, 9.17) is 16.0 Å². The summed E-state index contributed by atoms with van der Waals surface area (Å²) in [6, 6.07) is 17.8. The van der Waals surface area contributed by atoms with Gasteiger partial charge in [0.25, 0.3) is 0 Å². The second-order valence-corrected chi connectivity index (χ2v) is 8.33. The molecular formula is C23H19ClN4O3S. The monoisotopic (exact) mass is 466 g/mol. The Balaban J connectivity index is 1.53. The van der Waals surface area contributed by atoms with E-state index in [1.165, 1.54) is 18.7 Å². The predicted molar refractivity (Wildman–Crippen MR) is 124 cm³/mol. The van der Waals surface area contributed by atoms with Crippen molar-refractivity contribution in [3.05, 3.63) is 83.3 Å². The molecule has 9 heteroatoms. The van der Waals surface area contributed by atoms with Crippen LogP contribution in [0.2, 0.25) is 5.02 Å². The first-order valence-electron chi connectivity index (χ1n) is 9.75. The summed E-state index contributed by atoms with van der Waals surface area (Å²) in [5.74, 6) is 1.39. The number of thioether (sulfide) groups is 1. The zero-order chi connectivity index (χ0) is 22.5. The highest BCUT2D eigenvalue weighted by Gasteiger charge is 2.17. The molecule has 0 atom stereocenters. The molecule has 4 aromatic rings. The molecule has 0 aliphatic carbocycles. The molecule has 4 rings (SSSR count). The normalized spacial score (nSPS) is 10.8. The summed E-state index contributed by atoms with van der Waals surface area (Å²) in [6.07, 6.45) is 1.61. The van der Waals surface area contributed by atoms with E-state index in [1.54, 1.807) is 42.7 Å². The molecule has 2 heterocycles. The minimum Gasteiger partial charge on any atom is -0.467 e. The highest BCUT2D eigenvalue weighted by atomic mass is 35.5. The molecule has 0 bridgehead atoms. The average Bonchev–Trinajstić information content (AvgIpc) is 3.43. The third-order valence-electron chi connectivity index (χ3n) is 4.57. The van der Waals surface area contributed by atoms with E-state index in [2.05, 4.69) is 15.5 Å². The molecular weight excluding hydrogens is 448 g/mol. The number of halogens is 1. The molecule has 162 valence electrons. The molecule has 0 fully saturated rings. The predicted octanol–water partition coefficient (Wildman–Crippen LogP) is 5.17. The Morgan fingerprint density at radius 1 is 1.06 bits per heavy atom. The number of ketones is 1. The maximum atomic E-state index is 12.7. The SMILES string of the molecule is CC(=O)Nc1ccc(C(=O)CSc2nnc(-c3ccc(Cl)cc3)n2Cc2ccco2)cc1. The van der Waals surface area contributed by atoms with Crippen LogP contribution in [-0.2, 0) is 11.3 Å². The molecule has 2 aromatic heterocycles. The standard InChI is InChI=1S/C23H19ClN4O3S/c1-15(29)25-19-10-6-16(7-11-19)21(30)14-32-23-27-26-22(17-4-8-18(24)9-5-17)28(23)13-20-3-2-12-31-20/h2-12H,13-14H2,1H3,(H,25,29). The third-order valence-corrected chi connectivity index (χ3v) is 5.79. The van der Waals surface area contributed by atoms with Crippen molar-refractivity contribution in [2.24, 2.45) is 0 Å². The minimum absolute atomic E-state index is 0.0510. The van der Waals surface area contributed by atoms with E-state index in [-0.39, 0.29) is 17.4 Å². The van der Waals surface area contributed by atoms with Gasteiger partial charge in [-0.3, -0.25) is 14.2 Å². The van der Waals surface area contributed by atoms with Crippen molar-refractivity contribution in [3.63, 3.8) is 0 Å². The number of amides is 1. The summed E-state index contributed by atoms with van der Waals surface area (Å²) in [4.78, 5) is 23.8. The lowest BCUT2D eigenvalue weighted by Crippen LogP contribution is -2.08. The fourth-order valence-corrected chi connectivity index (χ4v) is 4.02. The van der Waals surface area contributed by atoms with Crippen molar-refractivity contribution in [3.8, 4) is 11.4 Å². The van der Waals surface area contributed by atoms with Gasteiger partial charge in [0.2, 0.25) is 5.91 Å². The molecule has 2 aromatic carbocycles. The third kappa shape index (κ3) is 5.27. The van der Waals surface area contributed by atoms with Gasteiger partial charge in [0.1, 0.15) is 5.76 Å². The summed E-state index contributed by atoms with van der Waals surface area (Å²) in [5.41, 5.74) is 2.06. The molecule has 0 aliphatic rings. The Bertz CT molecular complexity index is 1220. The molecule has 0 spiro atoms. The van der Waals surface area contributed by atoms with Crippen LogP contribution in [0.4, 0.5) is 5.69 Å². The van der Waals surface area contributed by atoms with Gasteiger partial charge in [-0.15, -0.1) is 10.2 Å². The van der Waals surface area contributed by atoms with Crippen LogP contribution in [0.3, 0.4) is 0 Å². The van der Waals surface area contributed by atoms with Gasteiger partial charge in [-0.25, -0.2) is 0 Å². The summed E-state index contributed by atoms with van der Waals surface area (Å²) < 4.78 is 7.42. The van der Waals surface area contributed by atoms with Crippen molar-refractivity contribution >= 4 is 40.7 Å². The second-order valence-electron chi connectivity index (χ2n) is 6.95. The summed E-state index contributed by atoms with van der Waals surface area (Å²) in [7, 11) is 0. The molecule has 0 saturated heterocycles. The molecule has 1 N–H and O–H groups in total.